The zero-order chi connectivity index (χ0) is 28.6. The van der Waals surface area contributed by atoms with E-state index in [4.69, 9.17) is 4.74 Å². The standard InChI is InChI=1S/C30H37N3O6/c1-5-39-28(37)25(17-22-12-8-6-9-13-22)33-26(35)19-30(29(33)38,18-23-14-10-7-11-15-23)32-27(36)24(16-20(2)3)31-21(4)34/h6-15,20,24-25H,5,16-19H2,1-4H3,(H,31,34)(H,32,36)/t24-,25+,30+/m0/s1. The van der Waals surface area contributed by atoms with Crippen molar-refractivity contribution in [2.24, 2.45) is 5.92 Å². The molecule has 3 atom stereocenters. The number of hydrogen-bond donors (Lipinski definition) is 2. The smallest absolute Gasteiger partial charge is 0.329 e. The normalized spacial score (nSPS) is 18.5. The molecular weight excluding hydrogens is 498 g/mol. The lowest BCUT2D eigenvalue weighted by molar-refractivity contribution is -0.158. The Hall–Kier alpha value is -4.01. The van der Waals surface area contributed by atoms with E-state index in [1.807, 2.05) is 38.1 Å². The van der Waals surface area contributed by atoms with Crippen LogP contribution in [-0.4, -0.2) is 58.7 Å². The first kappa shape index (κ1) is 29.5. The molecule has 0 saturated carbocycles. The Morgan fingerprint density at radius 1 is 0.974 bits per heavy atom. The predicted octanol–water partition coefficient (Wildman–Crippen LogP) is 2.57. The molecule has 0 spiro atoms. The van der Waals surface area contributed by atoms with E-state index in [9.17, 15) is 24.0 Å². The van der Waals surface area contributed by atoms with Crippen molar-refractivity contribution in [2.75, 3.05) is 6.61 Å². The number of amides is 4. The molecule has 39 heavy (non-hydrogen) atoms. The molecule has 0 radical (unpaired) electrons. The van der Waals surface area contributed by atoms with E-state index < -0.39 is 41.3 Å². The molecule has 4 amide bonds. The lowest BCUT2D eigenvalue weighted by atomic mass is 9.88. The Morgan fingerprint density at radius 2 is 1.56 bits per heavy atom. The summed E-state index contributed by atoms with van der Waals surface area (Å²) in [5.74, 6) is -2.81. The number of nitrogens with one attached hydrogen (secondary N) is 2. The van der Waals surface area contributed by atoms with Gasteiger partial charge >= 0.3 is 5.97 Å². The summed E-state index contributed by atoms with van der Waals surface area (Å²) in [6.07, 6.45) is 0.133. The van der Waals surface area contributed by atoms with Gasteiger partial charge in [-0.15, -0.1) is 0 Å². The lowest BCUT2D eigenvalue weighted by Crippen LogP contribution is -2.61. The number of hydrogen-bond acceptors (Lipinski definition) is 6. The second kappa shape index (κ2) is 13.2. The van der Waals surface area contributed by atoms with Crippen molar-refractivity contribution in [1.82, 2.24) is 15.5 Å². The fraction of sp³-hybridized carbons (Fsp3) is 0.433. The summed E-state index contributed by atoms with van der Waals surface area (Å²) >= 11 is 0. The molecule has 0 aliphatic carbocycles. The molecule has 1 aliphatic heterocycles. The van der Waals surface area contributed by atoms with Gasteiger partial charge in [0, 0.05) is 19.8 Å². The molecule has 1 aliphatic rings. The van der Waals surface area contributed by atoms with E-state index >= 15 is 0 Å². The molecule has 9 heteroatoms. The molecule has 0 aromatic heterocycles. The van der Waals surface area contributed by atoms with Gasteiger partial charge in [0.2, 0.25) is 17.7 Å². The second-order valence-corrected chi connectivity index (χ2v) is 10.3. The first-order chi connectivity index (χ1) is 18.6. The number of ether oxygens (including phenoxy) is 1. The van der Waals surface area contributed by atoms with Gasteiger partial charge < -0.3 is 15.4 Å². The van der Waals surface area contributed by atoms with Crippen molar-refractivity contribution in [1.29, 1.82) is 0 Å². The van der Waals surface area contributed by atoms with E-state index in [2.05, 4.69) is 10.6 Å². The summed E-state index contributed by atoms with van der Waals surface area (Å²) in [6, 6.07) is 16.0. The number of carbonyl (C=O) groups is 5. The van der Waals surface area contributed by atoms with Crippen LogP contribution in [0.25, 0.3) is 0 Å². The van der Waals surface area contributed by atoms with Gasteiger partial charge in [-0.3, -0.25) is 24.1 Å². The second-order valence-electron chi connectivity index (χ2n) is 10.3. The number of likely N-dealkylation sites (tertiary alicyclic amines) is 1. The highest BCUT2D eigenvalue weighted by molar-refractivity contribution is 6.12. The molecule has 1 fully saturated rings. The van der Waals surface area contributed by atoms with Gasteiger partial charge in [-0.2, -0.15) is 0 Å². The average molecular weight is 536 g/mol. The minimum absolute atomic E-state index is 0.0377. The summed E-state index contributed by atoms with van der Waals surface area (Å²) in [6.45, 7) is 6.89. The fourth-order valence-electron chi connectivity index (χ4n) is 4.93. The van der Waals surface area contributed by atoms with Gasteiger partial charge in [0.05, 0.1) is 13.0 Å². The van der Waals surface area contributed by atoms with Gasteiger partial charge in [-0.05, 0) is 30.4 Å². The SMILES string of the molecule is CCOC(=O)[C@@H](Cc1ccccc1)N1C(=O)C[C@@](Cc2ccccc2)(NC(=O)[C@H](CC(C)C)NC(C)=O)C1=O. The van der Waals surface area contributed by atoms with Crippen molar-refractivity contribution < 1.29 is 28.7 Å². The molecule has 9 nitrogen and oxygen atoms in total. The number of benzene rings is 2. The summed E-state index contributed by atoms with van der Waals surface area (Å²) in [5.41, 5.74) is -0.148. The highest BCUT2D eigenvalue weighted by Gasteiger charge is 2.56. The van der Waals surface area contributed by atoms with Crippen LogP contribution < -0.4 is 10.6 Å². The Balaban J connectivity index is 2.01. The van der Waals surface area contributed by atoms with Crippen LogP contribution in [0.4, 0.5) is 0 Å². The molecule has 2 N–H and O–H groups in total. The maximum absolute atomic E-state index is 14.2. The maximum atomic E-state index is 14.2. The first-order valence-electron chi connectivity index (χ1n) is 13.3. The number of imide groups is 1. The first-order valence-corrected chi connectivity index (χ1v) is 13.3. The van der Waals surface area contributed by atoms with Crippen molar-refractivity contribution >= 4 is 29.6 Å². The number of carbonyl (C=O) groups excluding carboxylic acids is 5. The molecule has 2 aromatic carbocycles. The minimum atomic E-state index is -1.63. The van der Waals surface area contributed by atoms with Crippen molar-refractivity contribution in [3.05, 3.63) is 71.8 Å². The van der Waals surface area contributed by atoms with E-state index in [0.717, 1.165) is 16.0 Å². The molecule has 0 bridgehead atoms. The number of esters is 1. The van der Waals surface area contributed by atoms with Crippen LogP contribution >= 0.6 is 0 Å². The van der Waals surface area contributed by atoms with Crippen LogP contribution in [0.2, 0.25) is 0 Å². The van der Waals surface area contributed by atoms with Crippen LogP contribution in [-0.2, 0) is 41.6 Å². The number of rotatable bonds is 12. The highest BCUT2D eigenvalue weighted by atomic mass is 16.5. The van der Waals surface area contributed by atoms with Crippen LogP contribution in [0.5, 0.6) is 0 Å². The van der Waals surface area contributed by atoms with Crippen LogP contribution in [0.15, 0.2) is 60.7 Å². The van der Waals surface area contributed by atoms with Crippen LogP contribution in [0.3, 0.4) is 0 Å². The Bertz CT molecular complexity index is 1180. The minimum Gasteiger partial charge on any atom is -0.464 e. The zero-order valence-corrected chi connectivity index (χ0v) is 22.9. The third kappa shape index (κ3) is 7.52. The van der Waals surface area contributed by atoms with Gasteiger partial charge in [0.1, 0.15) is 17.6 Å². The van der Waals surface area contributed by atoms with Gasteiger partial charge in [-0.25, -0.2) is 4.79 Å². The topological polar surface area (TPSA) is 122 Å². The molecule has 2 aromatic rings. The summed E-state index contributed by atoms with van der Waals surface area (Å²) < 4.78 is 5.26. The third-order valence-corrected chi connectivity index (χ3v) is 6.60. The monoisotopic (exact) mass is 535 g/mol. The quantitative estimate of drug-likeness (QED) is 0.318. The Labute approximate surface area is 229 Å². The molecular formula is C30H37N3O6. The summed E-state index contributed by atoms with van der Waals surface area (Å²) in [4.78, 5) is 67.1. The summed E-state index contributed by atoms with van der Waals surface area (Å²) in [5, 5.41) is 5.49. The van der Waals surface area contributed by atoms with E-state index in [-0.39, 0.29) is 37.7 Å². The highest BCUT2D eigenvalue weighted by Crippen LogP contribution is 2.32. The summed E-state index contributed by atoms with van der Waals surface area (Å²) in [7, 11) is 0. The van der Waals surface area contributed by atoms with E-state index in [0.29, 0.717) is 6.42 Å². The molecule has 3 rings (SSSR count). The molecule has 1 saturated heterocycles. The van der Waals surface area contributed by atoms with Gasteiger partial charge in [-0.1, -0.05) is 74.5 Å². The van der Waals surface area contributed by atoms with Crippen LogP contribution in [0.1, 0.15) is 51.7 Å². The third-order valence-electron chi connectivity index (χ3n) is 6.60. The van der Waals surface area contributed by atoms with Crippen molar-refractivity contribution in [3.8, 4) is 0 Å². The van der Waals surface area contributed by atoms with Gasteiger partial charge in [0.25, 0.3) is 5.91 Å². The van der Waals surface area contributed by atoms with Crippen LogP contribution in [0, 0.1) is 5.92 Å². The van der Waals surface area contributed by atoms with E-state index in [1.165, 1.54) is 6.92 Å². The van der Waals surface area contributed by atoms with E-state index in [1.54, 1.807) is 43.3 Å². The largest absolute Gasteiger partial charge is 0.464 e. The molecule has 0 unspecified atom stereocenters. The predicted molar refractivity (Wildman–Crippen MR) is 145 cm³/mol. The molecule has 208 valence electrons. The lowest BCUT2D eigenvalue weighted by Gasteiger charge is -2.32. The maximum Gasteiger partial charge on any atom is 0.329 e. The van der Waals surface area contributed by atoms with Crippen molar-refractivity contribution in [3.63, 3.8) is 0 Å². The average Bonchev–Trinajstić information content (AvgIpc) is 3.11. The van der Waals surface area contributed by atoms with Gasteiger partial charge in [0.15, 0.2) is 0 Å². The fourth-order valence-corrected chi connectivity index (χ4v) is 4.93. The Kier molecular flexibility index (Phi) is 9.98. The zero-order valence-electron chi connectivity index (χ0n) is 22.9. The molecule has 1 heterocycles. The van der Waals surface area contributed by atoms with Crippen molar-refractivity contribution in [2.45, 2.75) is 71.0 Å². The number of nitrogens with zero attached hydrogens (tertiary/aromatic N) is 1. The Morgan fingerprint density at radius 3 is 2.10 bits per heavy atom.